The maximum absolute atomic E-state index is 12.2. The van der Waals surface area contributed by atoms with E-state index in [4.69, 9.17) is 0 Å². The zero-order chi connectivity index (χ0) is 15.0. The predicted molar refractivity (Wildman–Crippen MR) is 88.2 cm³/mol. The number of rotatable bonds is 3. The van der Waals surface area contributed by atoms with Crippen LogP contribution in [0.4, 0.5) is 5.69 Å². The Hall–Kier alpha value is -1.65. The van der Waals surface area contributed by atoms with Crippen LogP contribution in [0.5, 0.6) is 0 Å². The summed E-state index contributed by atoms with van der Waals surface area (Å²) in [7, 11) is 0. The third kappa shape index (κ3) is 2.74. The van der Waals surface area contributed by atoms with Gasteiger partial charge in [-0.1, -0.05) is 51.8 Å². The third-order valence-corrected chi connectivity index (χ3v) is 4.55. The minimum absolute atomic E-state index is 0.00880. The molecule has 0 saturated heterocycles. The van der Waals surface area contributed by atoms with Crippen molar-refractivity contribution < 1.29 is 4.79 Å². The van der Waals surface area contributed by atoms with Crippen molar-refractivity contribution in [2.45, 2.75) is 25.9 Å². The Morgan fingerprint density at radius 1 is 1.24 bits per heavy atom. The summed E-state index contributed by atoms with van der Waals surface area (Å²) in [4.78, 5) is 12.2. The highest BCUT2D eigenvalue weighted by molar-refractivity contribution is 9.10. The van der Waals surface area contributed by atoms with E-state index in [-0.39, 0.29) is 18.0 Å². The molecule has 0 aliphatic carbocycles. The number of benzene rings is 2. The van der Waals surface area contributed by atoms with Crippen LogP contribution in [0.3, 0.4) is 0 Å². The molecule has 0 saturated carbocycles. The first-order chi connectivity index (χ1) is 10.1. The Morgan fingerprint density at radius 2 is 2.00 bits per heavy atom. The summed E-state index contributed by atoms with van der Waals surface area (Å²) in [5.74, 6) is 0.00880. The lowest BCUT2D eigenvalue weighted by molar-refractivity contribution is -0.117. The molecule has 0 aromatic heterocycles. The molecule has 2 unspecified atom stereocenters. The fourth-order valence-corrected chi connectivity index (χ4v) is 3.34. The Labute approximate surface area is 132 Å². The molecule has 108 valence electrons. The van der Waals surface area contributed by atoms with Gasteiger partial charge in [0.05, 0.1) is 0 Å². The van der Waals surface area contributed by atoms with Crippen molar-refractivity contribution in [1.29, 1.82) is 0 Å². The molecule has 21 heavy (non-hydrogen) atoms. The number of fused-ring (bicyclic) bond motifs is 1. The summed E-state index contributed by atoms with van der Waals surface area (Å²) in [6.07, 6.45) is 0. The number of halogens is 1. The van der Waals surface area contributed by atoms with Crippen molar-refractivity contribution in [2.24, 2.45) is 0 Å². The molecule has 4 heteroatoms. The van der Waals surface area contributed by atoms with Crippen LogP contribution >= 0.6 is 15.9 Å². The van der Waals surface area contributed by atoms with Gasteiger partial charge in [-0.25, -0.2) is 0 Å². The Bertz CT molecular complexity index is 699. The summed E-state index contributed by atoms with van der Waals surface area (Å²) in [5, 5.41) is 6.36. The number of hydrogen-bond donors (Lipinski definition) is 2. The molecule has 2 atom stereocenters. The van der Waals surface area contributed by atoms with Gasteiger partial charge in [-0.3, -0.25) is 10.1 Å². The van der Waals surface area contributed by atoms with E-state index in [9.17, 15) is 4.79 Å². The minimum Gasteiger partial charge on any atom is -0.324 e. The Kier molecular flexibility index (Phi) is 3.83. The minimum atomic E-state index is -0.304. The van der Waals surface area contributed by atoms with E-state index in [1.165, 1.54) is 0 Å². The van der Waals surface area contributed by atoms with Gasteiger partial charge >= 0.3 is 0 Å². The zero-order valence-corrected chi connectivity index (χ0v) is 13.6. The smallest absolute Gasteiger partial charge is 0.246 e. The van der Waals surface area contributed by atoms with Crippen LogP contribution in [0.15, 0.2) is 46.9 Å². The molecule has 0 fully saturated rings. The van der Waals surface area contributed by atoms with Crippen LogP contribution in [0.2, 0.25) is 0 Å². The molecule has 1 aliphatic heterocycles. The molecular weight excluding hydrogens is 328 g/mol. The molecule has 2 aromatic carbocycles. The predicted octanol–water partition coefficient (Wildman–Crippen LogP) is 4.10. The lowest BCUT2D eigenvalue weighted by atomic mass is 10.0. The second-order valence-corrected chi connectivity index (χ2v) is 6.28. The highest BCUT2D eigenvalue weighted by Crippen LogP contribution is 2.34. The van der Waals surface area contributed by atoms with E-state index in [0.717, 1.165) is 26.9 Å². The molecular formula is C17H17BrN2O. The van der Waals surface area contributed by atoms with Crippen molar-refractivity contribution in [1.82, 2.24) is 5.32 Å². The SMILES string of the molecule is Cc1ccc2c(c1)C(NC(C)c1ccccc1Br)C(=O)N2. The van der Waals surface area contributed by atoms with Gasteiger partial charge in [0, 0.05) is 21.8 Å². The van der Waals surface area contributed by atoms with Gasteiger partial charge < -0.3 is 5.32 Å². The second-order valence-electron chi connectivity index (χ2n) is 5.42. The molecule has 1 heterocycles. The van der Waals surface area contributed by atoms with E-state index in [2.05, 4.69) is 45.6 Å². The van der Waals surface area contributed by atoms with E-state index in [1.807, 2.05) is 37.3 Å². The molecule has 2 N–H and O–H groups in total. The summed E-state index contributed by atoms with van der Waals surface area (Å²) in [5.41, 5.74) is 4.23. The molecule has 3 rings (SSSR count). The highest BCUT2D eigenvalue weighted by atomic mass is 79.9. The number of hydrogen-bond acceptors (Lipinski definition) is 2. The van der Waals surface area contributed by atoms with Gasteiger partial charge in [0.25, 0.3) is 0 Å². The number of nitrogens with one attached hydrogen (secondary N) is 2. The molecule has 0 bridgehead atoms. The first-order valence-electron chi connectivity index (χ1n) is 6.98. The van der Waals surface area contributed by atoms with Crippen LogP contribution < -0.4 is 10.6 Å². The lowest BCUT2D eigenvalue weighted by Gasteiger charge is -2.20. The van der Waals surface area contributed by atoms with E-state index in [1.54, 1.807) is 0 Å². The molecule has 2 aromatic rings. The first kappa shape index (κ1) is 14.3. The quantitative estimate of drug-likeness (QED) is 0.879. The van der Waals surface area contributed by atoms with Crippen LogP contribution in [0.25, 0.3) is 0 Å². The first-order valence-corrected chi connectivity index (χ1v) is 7.77. The van der Waals surface area contributed by atoms with Crippen molar-refractivity contribution in [3.8, 4) is 0 Å². The van der Waals surface area contributed by atoms with Gasteiger partial charge in [-0.05, 0) is 31.5 Å². The van der Waals surface area contributed by atoms with Gasteiger partial charge in [0.15, 0.2) is 0 Å². The summed E-state index contributed by atoms with van der Waals surface area (Å²) < 4.78 is 1.05. The van der Waals surface area contributed by atoms with Crippen molar-refractivity contribution in [3.63, 3.8) is 0 Å². The zero-order valence-electron chi connectivity index (χ0n) is 12.0. The fourth-order valence-electron chi connectivity index (χ4n) is 2.71. The summed E-state index contributed by atoms with van der Waals surface area (Å²) in [6, 6.07) is 13.9. The molecule has 3 nitrogen and oxygen atoms in total. The van der Waals surface area contributed by atoms with Gasteiger partial charge in [0.1, 0.15) is 6.04 Å². The molecule has 0 radical (unpaired) electrons. The summed E-state index contributed by atoms with van der Waals surface area (Å²) >= 11 is 3.56. The number of aryl methyl sites for hydroxylation is 1. The van der Waals surface area contributed by atoms with Gasteiger partial charge in [0.2, 0.25) is 5.91 Å². The largest absolute Gasteiger partial charge is 0.324 e. The second kappa shape index (κ2) is 5.62. The van der Waals surface area contributed by atoms with Crippen molar-refractivity contribution in [2.75, 3.05) is 5.32 Å². The third-order valence-electron chi connectivity index (χ3n) is 3.83. The molecule has 1 aliphatic rings. The van der Waals surface area contributed by atoms with Crippen molar-refractivity contribution >= 4 is 27.5 Å². The molecule has 1 amide bonds. The van der Waals surface area contributed by atoms with E-state index < -0.39 is 0 Å². The number of carbonyl (C=O) groups excluding carboxylic acids is 1. The standard InChI is InChI=1S/C17H17BrN2O/c1-10-7-8-15-13(9-10)16(17(21)20-15)19-11(2)12-5-3-4-6-14(12)18/h3-9,11,16,19H,1-2H3,(H,20,21). The summed E-state index contributed by atoms with van der Waals surface area (Å²) in [6.45, 7) is 4.11. The normalized spacial score (nSPS) is 18.2. The number of anilines is 1. The van der Waals surface area contributed by atoms with Crippen LogP contribution in [0.1, 0.15) is 35.7 Å². The van der Waals surface area contributed by atoms with Crippen LogP contribution in [0, 0.1) is 6.92 Å². The lowest BCUT2D eigenvalue weighted by Crippen LogP contribution is -2.30. The van der Waals surface area contributed by atoms with Crippen molar-refractivity contribution in [3.05, 3.63) is 63.6 Å². The van der Waals surface area contributed by atoms with Crippen LogP contribution in [-0.2, 0) is 4.79 Å². The Morgan fingerprint density at radius 3 is 2.76 bits per heavy atom. The average molecular weight is 345 g/mol. The maximum atomic E-state index is 12.2. The molecule has 0 spiro atoms. The van der Waals surface area contributed by atoms with Crippen LogP contribution in [-0.4, -0.2) is 5.91 Å². The van der Waals surface area contributed by atoms with E-state index in [0.29, 0.717) is 0 Å². The maximum Gasteiger partial charge on any atom is 0.246 e. The number of carbonyl (C=O) groups is 1. The number of amides is 1. The average Bonchev–Trinajstić information content (AvgIpc) is 2.75. The van der Waals surface area contributed by atoms with Gasteiger partial charge in [-0.2, -0.15) is 0 Å². The highest BCUT2D eigenvalue weighted by Gasteiger charge is 2.31. The van der Waals surface area contributed by atoms with Gasteiger partial charge in [-0.15, -0.1) is 0 Å². The van der Waals surface area contributed by atoms with E-state index >= 15 is 0 Å². The Balaban J connectivity index is 1.87. The fraction of sp³-hybridized carbons (Fsp3) is 0.235. The topological polar surface area (TPSA) is 41.1 Å². The monoisotopic (exact) mass is 344 g/mol.